The number of nitrogens with one attached hydrogen (secondary N) is 1. The first-order valence-electron chi connectivity index (χ1n) is 12.9. The molecule has 0 radical (unpaired) electrons. The second-order valence-electron chi connectivity index (χ2n) is 10.9. The van der Waals surface area contributed by atoms with Crippen molar-refractivity contribution >= 4 is 29.3 Å². The molecule has 10 nitrogen and oxygen atoms in total. The van der Waals surface area contributed by atoms with E-state index in [9.17, 15) is 17.2 Å². The van der Waals surface area contributed by atoms with Crippen LogP contribution in [-0.2, 0) is 21.5 Å². The van der Waals surface area contributed by atoms with Crippen molar-refractivity contribution in [3.8, 4) is 22.6 Å². The first kappa shape index (κ1) is 29.4. The van der Waals surface area contributed by atoms with Crippen LogP contribution in [0.25, 0.3) is 28.2 Å². The predicted octanol–water partition coefficient (Wildman–Crippen LogP) is 5.49. The van der Waals surface area contributed by atoms with E-state index in [0.717, 1.165) is 30.4 Å². The van der Waals surface area contributed by atoms with Gasteiger partial charge in [-0.3, -0.25) is 14.3 Å². The van der Waals surface area contributed by atoms with Crippen LogP contribution >= 0.6 is 0 Å². The SMILES string of the molecule is Cc1ncc(F)cc1S(=O)(=O)Nc1ccc(F)c(-c2ccc3c(-c4nncn4COCC[Si](C)(C)C)ncn3c2)c1F. The van der Waals surface area contributed by atoms with Crippen LogP contribution in [-0.4, -0.2) is 52.2 Å². The van der Waals surface area contributed by atoms with Crippen LogP contribution < -0.4 is 4.72 Å². The minimum Gasteiger partial charge on any atom is -0.361 e. The Bertz CT molecular complexity index is 1890. The number of ether oxygens (including phenoxy) is 1. The first-order valence-corrected chi connectivity index (χ1v) is 18.1. The number of hydrogen-bond acceptors (Lipinski definition) is 7. The lowest BCUT2D eigenvalue weighted by Crippen LogP contribution is -2.22. The lowest BCUT2D eigenvalue weighted by Gasteiger charge is -2.15. The van der Waals surface area contributed by atoms with E-state index in [1.54, 1.807) is 21.4 Å². The molecule has 0 aliphatic heterocycles. The molecule has 15 heteroatoms. The fraction of sp³-hybridized carbons (Fsp3) is 0.259. The Labute approximate surface area is 241 Å². The van der Waals surface area contributed by atoms with E-state index >= 15 is 4.39 Å². The van der Waals surface area contributed by atoms with E-state index in [-0.39, 0.29) is 18.0 Å². The van der Waals surface area contributed by atoms with Crippen LogP contribution in [0.3, 0.4) is 0 Å². The van der Waals surface area contributed by atoms with Gasteiger partial charge in [-0.15, -0.1) is 10.2 Å². The number of halogens is 3. The monoisotopic (exact) mass is 615 g/mol. The summed E-state index contributed by atoms with van der Waals surface area (Å²) in [7, 11) is -5.68. The van der Waals surface area contributed by atoms with Gasteiger partial charge in [-0.25, -0.2) is 26.6 Å². The number of nitrogens with zero attached hydrogens (tertiary/aromatic N) is 6. The van der Waals surface area contributed by atoms with Gasteiger partial charge in [-0.05, 0) is 37.2 Å². The quantitative estimate of drug-likeness (QED) is 0.163. The maximum absolute atomic E-state index is 15.6. The number of hydrogen-bond donors (Lipinski definition) is 1. The number of imidazole rings is 1. The highest BCUT2D eigenvalue weighted by Crippen LogP contribution is 2.33. The fourth-order valence-electron chi connectivity index (χ4n) is 4.25. The Balaban J connectivity index is 1.44. The lowest BCUT2D eigenvalue weighted by molar-refractivity contribution is 0.0880. The van der Waals surface area contributed by atoms with Gasteiger partial charge in [0.05, 0.1) is 28.7 Å². The third-order valence-electron chi connectivity index (χ3n) is 6.51. The molecule has 0 aliphatic rings. The molecule has 0 saturated heterocycles. The smallest absolute Gasteiger partial charge is 0.263 e. The number of pyridine rings is 2. The number of fused-ring (bicyclic) bond motifs is 1. The maximum atomic E-state index is 15.6. The van der Waals surface area contributed by atoms with Crippen LogP contribution in [0.5, 0.6) is 0 Å². The third kappa shape index (κ3) is 6.07. The van der Waals surface area contributed by atoms with Gasteiger partial charge in [0.25, 0.3) is 10.0 Å². The van der Waals surface area contributed by atoms with Crippen molar-refractivity contribution in [1.82, 2.24) is 29.1 Å². The summed E-state index contributed by atoms with van der Waals surface area (Å²) in [5, 5.41) is 8.16. The largest absolute Gasteiger partial charge is 0.361 e. The van der Waals surface area contributed by atoms with E-state index < -0.39 is 51.7 Å². The highest BCUT2D eigenvalue weighted by atomic mass is 32.2. The van der Waals surface area contributed by atoms with Crippen LogP contribution in [0.1, 0.15) is 5.69 Å². The molecule has 0 bridgehead atoms. The highest BCUT2D eigenvalue weighted by Gasteiger charge is 2.24. The van der Waals surface area contributed by atoms with E-state index in [0.29, 0.717) is 23.6 Å². The molecular weight excluding hydrogens is 587 g/mol. The molecule has 5 rings (SSSR count). The van der Waals surface area contributed by atoms with Crippen molar-refractivity contribution in [2.45, 2.75) is 44.2 Å². The minimum atomic E-state index is -4.43. The van der Waals surface area contributed by atoms with Crippen molar-refractivity contribution in [2.24, 2.45) is 0 Å². The zero-order valence-corrected chi connectivity index (χ0v) is 25.1. The molecule has 5 aromatic rings. The summed E-state index contributed by atoms with van der Waals surface area (Å²) in [6, 6.07) is 6.81. The predicted molar refractivity (Wildman–Crippen MR) is 153 cm³/mol. The van der Waals surface area contributed by atoms with Gasteiger partial charge in [0.15, 0.2) is 11.6 Å². The van der Waals surface area contributed by atoms with Crippen LogP contribution in [0.2, 0.25) is 25.7 Å². The normalized spacial score (nSPS) is 12.3. The van der Waals surface area contributed by atoms with E-state index in [2.05, 4.69) is 44.5 Å². The molecule has 0 aliphatic carbocycles. The summed E-state index contributed by atoms with van der Waals surface area (Å²) in [5.74, 6) is -2.46. The second-order valence-corrected chi connectivity index (χ2v) is 18.2. The van der Waals surface area contributed by atoms with E-state index in [1.807, 2.05) is 0 Å². The molecule has 0 fully saturated rings. The van der Waals surface area contributed by atoms with Gasteiger partial charge in [0, 0.05) is 26.4 Å². The zero-order valence-electron chi connectivity index (χ0n) is 23.3. The molecule has 220 valence electrons. The Kier molecular flexibility index (Phi) is 7.91. The summed E-state index contributed by atoms with van der Waals surface area (Å²) in [4.78, 5) is 7.67. The van der Waals surface area contributed by atoms with Crippen molar-refractivity contribution in [3.05, 3.63) is 78.5 Å². The molecule has 4 aromatic heterocycles. The molecule has 42 heavy (non-hydrogen) atoms. The third-order valence-corrected chi connectivity index (χ3v) is 9.69. The lowest BCUT2D eigenvalue weighted by atomic mass is 10.0. The molecule has 4 heterocycles. The molecule has 1 N–H and O–H groups in total. The fourth-order valence-corrected chi connectivity index (χ4v) is 6.27. The summed E-state index contributed by atoms with van der Waals surface area (Å²) >= 11 is 0. The van der Waals surface area contributed by atoms with E-state index in [4.69, 9.17) is 4.74 Å². The number of sulfonamides is 1. The molecule has 0 amide bonds. The van der Waals surface area contributed by atoms with Gasteiger partial charge in [-0.2, -0.15) is 0 Å². The Morgan fingerprint density at radius 3 is 2.60 bits per heavy atom. The Hall–Kier alpha value is -4.08. The first-order chi connectivity index (χ1) is 19.8. The minimum absolute atomic E-state index is 0.0157. The summed E-state index contributed by atoms with van der Waals surface area (Å²) in [5.41, 5.74) is 0.268. The topological polar surface area (TPSA) is 116 Å². The Morgan fingerprint density at radius 1 is 1.05 bits per heavy atom. The van der Waals surface area contributed by atoms with Crippen molar-refractivity contribution in [3.63, 3.8) is 0 Å². The molecule has 0 spiro atoms. The second kappa shape index (κ2) is 11.3. The summed E-state index contributed by atoms with van der Waals surface area (Å²) < 4.78 is 81.3. The highest BCUT2D eigenvalue weighted by molar-refractivity contribution is 7.92. The molecule has 0 atom stereocenters. The number of anilines is 1. The summed E-state index contributed by atoms with van der Waals surface area (Å²) in [6.45, 7) is 9.04. The number of rotatable bonds is 10. The van der Waals surface area contributed by atoms with Crippen LogP contribution in [0, 0.1) is 24.4 Å². The molecule has 1 aromatic carbocycles. The number of aryl methyl sites for hydroxylation is 1. The van der Waals surface area contributed by atoms with Gasteiger partial charge >= 0.3 is 0 Å². The number of benzene rings is 1. The van der Waals surface area contributed by atoms with Gasteiger partial charge in [-0.1, -0.05) is 25.7 Å². The zero-order chi connectivity index (χ0) is 30.2. The average molecular weight is 616 g/mol. The standard InChI is InChI=1S/C27H28F3N7O3SSi/c1-17-23(11-19(28)12-31-17)41(38,39)35-21-7-6-20(29)24(25(21)30)18-5-8-22-26(32-14-36(22)13-18)27-34-33-15-37(27)16-40-9-10-42(2,3)4/h5-8,11-15,35H,9-10,16H2,1-4H3. The van der Waals surface area contributed by atoms with Crippen LogP contribution in [0.15, 0.2) is 60.3 Å². The van der Waals surface area contributed by atoms with E-state index in [1.165, 1.54) is 25.5 Å². The maximum Gasteiger partial charge on any atom is 0.263 e. The molecule has 0 unspecified atom stereocenters. The van der Waals surface area contributed by atoms with Gasteiger partial charge in [0.1, 0.15) is 41.6 Å². The van der Waals surface area contributed by atoms with Gasteiger partial charge in [0.2, 0.25) is 0 Å². The number of aromatic nitrogens is 6. The van der Waals surface area contributed by atoms with Gasteiger partial charge < -0.3 is 9.14 Å². The van der Waals surface area contributed by atoms with Crippen molar-refractivity contribution in [1.29, 1.82) is 0 Å². The summed E-state index contributed by atoms with van der Waals surface area (Å²) in [6.07, 6.45) is 5.36. The molecule has 0 saturated carbocycles. The Morgan fingerprint density at radius 2 is 1.83 bits per heavy atom. The molecular formula is C27H28F3N7O3SSi. The van der Waals surface area contributed by atoms with Crippen molar-refractivity contribution < 1.29 is 26.3 Å². The van der Waals surface area contributed by atoms with Crippen LogP contribution in [0.4, 0.5) is 18.9 Å². The van der Waals surface area contributed by atoms with Crippen molar-refractivity contribution in [2.75, 3.05) is 11.3 Å². The average Bonchev–Trinajstić information content (AvgIpc) is 3.55.